The van der Waals surface area contributed by atoms with Crippen LogP contribution in [0, 0.1) is 0 Å². The van der Waals surface area contributed by atoms with Crippen LogP contribution in [0.1, 0.15) is 0 Å². The molecule has 18 heavy (non-hydrogen) atoms. The van der Waals surface area contributed by atoms with Gasteiger partial charge in [0.05, 0.1) is 11.0 Å². The van der Waals surface area contributed by atoms with Gasteiger partial charge in [-0.3, -0.25) is 18.7 Å². The first kappa shape index (κ1) is 12.6. The minimum absolute atomic E-state index is 0.206. The summed E-state index contributed by atoms with van der Waals surface area (Å²) < 4.78 is 11.7. The molecule has 9 heteroatoms. The molecule has 0 bridgehead atoms. The zero-order valence-corrected chi connectivity index (χ0v) is 9.92. The summed E-state index contributed by atoms with van der Waals surface area (Å²) in [5.41, 5.74) is 4.36. The highest BCUT2D eigenvalue weighted by atomic mass is 31.2. The molecule has 5 N–H and O–H groups in total. The van der Waals surface area contributed by atoms with Gasteiger partial charge in [-0.15, -0.1) is 0 Å². The van der Waals surface area contributed by atoms with Gasteiger partial charge in [0.1, 0.15) is 6.29 Å². The maximum atomic E-state index is 11.6. The Morgan fingerprint density at radius 3 is 2.61 bits per heavy atom. The smallest absolute Gasteiger partial charge is 0.345 e. The number of anilines is 1. The van der Waals surface area contributed by atoms with Crippen molar-refractivity contribution in [2.75, 3.05) is 5.73 Å². The van der Waals surface area contributed by atoms with E-state index in [0.717, 1.165) is 4.57 Å². The highest BCUT2D eigenvalue weighted by Gasteiger charge is 2.18. The summed E-state index contributed by atoms with van der Waals surface area (Å²) in [5.74, 6) is 0. The van der Waals surface area contributed by atoms with Gasteiger partial charge >= 0.3 is 18.7 Å². The summed E-state index contributed by atoms with van der Waals surface area (Å²) in [4.78, 5) is 43.1. The first-order chi connectivity index (χ1) is 8.28. The van der Waals surface area contributed by atoms with Crippen molar-refractivity contribution in [3.8, 4) is 0 Å². The third-order valence-electron chi connectivity index (χ3n) is 2.32. The molecule has 0 unspecified atom stereocenters. The van der Waals surface area contributed by atoms with Crippen molar-refractivity contribution >= 4 is 24.3 Å². The number of benzene rings is 1. The lowest BCUT2D eigenvalue weighted by molar-refractivity contribution is 0.362. The van der Waals surface area contributed by atoms with Crippen LogP contribution in [0.5, 0.6) is 0 Å². The van der Waals surface area contributed by atoms with Crippen LogP contribution in [0.3, 0.4) is 0 Å². The molecule has 0 spiro atoms. The first-order valence-corrected chi connectivity index (χ1v) is 6.64. The van der Waals surface area contributed by atoms with E-state index in [9.17, 15) is 14.2 Å². The van der Waals surface area contributed by atoms with Crippen molar-refractivity contribution in [3.05, 3.63) is 38.9 Å². The molecule has 0 atom stereocenters. The number of nitrogen functional groups attached to an aromatic ring is 1. The topological polar surface area (TPSA) is 138 Å². The highest BCUT2D eigenvalue weighted by molar-refractivity contribution is 7.50. The van der Waals surface area contributed by atoms with Crippen LogP contribution in [-0.2, 0) is 10.9 Å². The Kier molecular flexibility index (Phi) is 2.86. The van der Waals surface area contributed by atoms with Gasteiger partial charge in [0.15, 0.2) is 0 Å². The Morgan fingerprint density at radius 2 is 2.00 bits per heavy atom. The van der Waals surface area contributed by atoms with Crippen molar-refractivity contribution in [2.24, 2.45) is 0 Å². The zero-order valence-electron chi connectivity index (χ0n) is 9.03. The van der Waals surface area contributed by atoms with E-state index in [-0.39, 0.29) is 11.0 Å². The average molecular weight is 271 g/mol. The molecule has 1 heterocycles. The summed E-state index contributed by atoms with van der Waals surface area (Å²) in [7, 11) is -4.47. The van der Waals surface area contributed by atoms with Gasteiger partial charge in [-0.25, -0.2) is 0 Å². The average Bonchev–Trinajstić information content (AvgIpc) is 2.23. The van der Waals surface area contributed by atoms with Crippen LogP contribution in [0.25, 0.3) is 11.0 Å². The number of fused-ring (bicyclic) bond motifs is 1. The predicted octanol–water partition coefficient (Wildman–Crippen LogP) is -0.593. The maximum Gasteiger partial charge on any atom is 0.345 e. The van der Waals surface area contributed by atoms with Gasteiger partial charge in [-0.05, 0) is 18.2 Å². The molecule has 2 rings (SSSR count). The molecule has 0 aliphatic heterocycles. The Balaban J connectivity index is 2.85. The van der Waals surface area contributed by atoms with Crippen molar-refractivity contribution in [1.82, 2.24) is 9.55 Å². The lowest BCUT2D eigenvalue weighted by atomic mass is 10.2. The molecule has 0 saturated heterocycles. The van der Waals surface area contributed by atoms with Gasteiger partial charge in [0.2, 0.25) is 0 Å². The van der Waals surface area contributed by atoms with Crippen molar-refractivity contribution in [3.63, 3.8) is 0 Å². The molecule has 2 aromatic rings. The van der Waals surface area contributed by atoms with Crippen molar-refractivity contribution < 1.29 is 14.4 Å². The molecule has 0 amide bonds. The number of H-pyrrole nitrogens is 1. The first-order valence-electron chi connectivity index (χ1n) is 4.85. The Labute approximate surface area is 99.8 Å². The number of nitrogens with one attached hydrogen (secondary N) is 1. The van der Waals surface area contributed by atoms with E-state index in [2.05, 4.69) is 4.98 Å². The zero-order chi connectivity index (χ0) is 13.5. The fourth-order valence-corrected chi connectivity index (χ4v) is 2.27. The largest absolute Gasteiger partial charge is 0.399 e. The van der Waals surface area contributed by atoms with Gasteiger partial charge in [-0.1, -0.05) is 0 Å². The van der Waals surface area contributed by atoms with E-state index in [0.29, 0.717) is 5.69 Å². The van der Waals surface area contributed by atoms with Crippen LogP contribution in [-0.4, -0.2) is 19.3 Å². The van der Waals surface area contributed by atoms with Crippen molar-refractivity contribution in [2.45, 2.75) is 6.29 Å². The fraction of sp³-hybridized carbons (Fsp3) is 0.111. The van der Waals surface area contributed by atoms with Crippen LogP contribution >= 0.6 is 7.60 Å². The van der Waals surface area contributed by atoms with Crippen LogP contribution in [0.4, 0.5) is 5.69 Å². The molecule has 0 radical (unpaired) electrons. The summed E-state index contributed by atoms with van der Waals surface area (Å²) in [6, 6.07) is 4.29. The third-order valence-corrected chi connectivity index (χ3v) is 2.98. The Bertz CT molecular complexity index is 772. The maximum absolute atomic E-state index is 11.6. The molecule has 0 aliphatic rings. The van der Waals surface area contributed by atoms with Gasteiger partial charge in [-0.2, -0.15) is 0 Å². The van der Waals surface area contributed by atoms with E-state index < -0.39 is 25.0 Å². The lowest BCUT2D eigenvalue weighted by Crippen LogP contribution is -2.36. The third kappa shape index (κ3) is 2.35. The Hall–Kier alpha value is -1.89. The standard InChI is InChI=1S/C9H10N3O5P/c10-5-1-2-7-6(3-5)11-8(13)9(14)12(7)4-18(15,16)17/h1-3H,4,10H2,(H,11,13)(H2,15,16,17). The predicted molar refractivity (Wildman–Crippen MR) is 65.3 cm³/mol. The van der Waals surface area contributed by atoms with E-state index in [1.54, 1.807) is 0 Å². The second-order valence-corrected chi connectivity index (χ2v) is 5.38. The van der Waals surface area contributed by atoms with Gasteiger partial charge in [0, 0.05) is 5.69 Å². The molecular weight excluding hydrogens is 261 g/mol. The summed E-state index contributed by atoms with van der Waals surface area (Å²) in [6.07, 6.45) is -0.851. The minimum atomic E-state index is -4.47. The number of rotatable bonds is 2. The normalized spacial score (nSPS) is 11.9. The molecule has 1 aromatic carbocycles. The summed E-state index contributed by atoms with van der Waals surface area (Å²) >= 11 is 0. The summed E-state index contributed by atoms with van der Waals surface area (Å²) in [6.45, 7) is 0. The second kappa shape index (κ2) is 4.09. The van der Waals surface area contributed by atoms with E-state index >= 15 is 0 Å². The van der Waals surface area contributed by atoms with E-state index in [4.69, 9.17) is 15.5 Å². The number of hydrogen-bond acceptors (Lipinski definition) is 4. The van der Waals surface area contributed by atoms with Gasteiger partial charge < -0.3 is 20.5 Å². The van der Waals surface area contributed by atoms with E-state index in [1.165, 1.54) is 18.2 Å². The molecule has 8 nitrogen and oxygen atoms in total. The van der Waals surface area contributed by atoms with Crippen molar-refractivity contribution in [1.29, 1.82) is 0 Å². The quantitative estimate of drug-likeness (QED) is 0.327. The number of nitrogens with two attached hydrogens (primary N) is 1. The van der Waals surface area contributed by atoms with Gasteiger partial charge in [0.25, 0.3) is 0 Å². The molecule has 0 aliphatic carbocycles. The minimum Gasteiger partial charge on any atom is -0.399 e. The van der Waals surface area contributed by atoms with Crippen LogP contribution < -0.4 is 16.9 Å². The number of nitrogens with zero attached hydrogens (tertiary/aromatic N) is 1. The molecule has 0 fully saturated rings. The molecular formula is C9H10N3O5P. The molecule has 0 saturated carbocycles. The van der Waals surface area contributed by atoms with E-state index in [1.807, 2.05) is 0 Å². The van der Waals surface area contributed by atoms with Crippen LogP contribution in [0.2, 0.25) is 0 Å². The lowest BCUT2D eigenvalue weighted by Gasteiger charge is -2.10. The van der Waals surface area contributed by atoms with Crippen LogP contribution in [0.15, 0.2) is 27.8 Å². The second-order valence-electron chi connectivity index (χ2n) is 3.77. The SMILES string of the molecule is Nc1ccc2c(c1)[nH]c(=O)c(=O)n2CP(=O)(O)O. The number of aromatic amines is 1. The fourth-order valence-electron chi connectivity index (χ4n) is 1.62. The molecule has 1 aromatic heterocycles. The molecule has 96 valence electrons. The number of hydrogen-bond donors (Lipinski definition) is 4. The highest BCUT2D eigenvalue weighted by Crippen LogP contribution is 2.36. The number of aromatic nitrogens is 2. The Morgan fingerprint density at radius 1 is 1.33 bits per heavy atom. The monoisotopic (exact) mass is 271 g/mol. The summed E-state index contributed by atoms with van der Waals surface area (Å²) in [5, 5.41) is 0.